The molecule has 3 atom stereocenters. The Kier molecular flexibility index (Phi) is 8.67. The number of rotatable bonds is 11. The van der Waals surface area contributed by atoms with Crippen LogP contribution < -0.4 is 20.1 Å². The van der Waals surface area contributed by atoms with Crippen LogP contribution in [0, 0.1) is 11.3 Å². The Labute approximate surface area is 219 Å². The van der Waals surface area contributed by atoms with Gasteiger partial charge in [0.2, 0.25) is 0 Å². The van der Waals surface area contributed by atoms with Crippen LogP contribution in [0.1, 0.15) is 81.5 Å². The second-order valence-corrected chi connectivity index (χ2v) is 12.0. The summed E-state index contributed by atoms with van der Waals surface area (Å²) >= 11 is 0. The van der Waals surface area contributed by atoms with Crippen molar-refractivity contribution in [3.05, 3.63) is 58.7 Å². The van der Waals surface area contributed by atoms with Gasteiger partial charge in [-0.05, 0) is 95.7 Å². The van der Waals surface area contributed by atoms with E-state index < -0.39 is 0 Å². The maximum Gasteiger partial charge on any atom is 0.160 e. The fraction of sp³-hybridized carbons (Fsp3) is 0.625. The monoisotopic (exact) mass is 492 g/mol. The molecule has 0 spiro atoms. The Morgan fingerprint density at radius 3 is 2.44 bits per heavy atom. The third kappa shape index (κ3) is 5.60. The second kappa shape index (κ2) is 11.6. The summed E-state index contributed by atoms with van der Waals surface area (Å²) < 4.78 is 10.8. The van der Waals surface area contributed by atoms with Gasteiger partial charge in [-0.15, -0.1) is 0 Å². The van der Waals surface area contributed by atoms with E-state index in [-0.39, 0.29) is 0 Å². The maximum atomic E-state index is 5.43. The van der Waals surface area contributed by atoms with Gasteiger partial charge in [0.1, 0.15) is 0 Å². The molecule has 4 rings (SSSR count). The van der Waals surface area contributed by atoms with Crippen molar-refractivity contribution in [2.75, 3.05) is 40.4 Å². The van der Waals surface area contributed by atoms with Gasteiger partial charge < -0.3 is 20.1 Å². The predicted molar refractivity (Wildman–Crippen MR) is 151 cm³/mol. The number of hydrogen-bond donors (Lipinski definition) is 2. The van der Waals surface area contributed by atoms with E-state index in [1.807, 2.05) is 6.07 Å². The van der Waals surface area contributed by atoms with Gasteiger partial charge in [0.25, 0.3) is 0 Å². The summed E-state index contributed by atoms with van der Waals surface area (Å²) in [6.45, 7) is 13.8. The van der Waals surface area contributed by atoms with Crippen molar-refractivity contribution in [2.45, 2.75) is 77.6 Å². The number of hydrogen-bond acceptors (Lipinski definition) is 4. The van der Waals surface area contributed by atoms with Gasteiger partial charge in [-0.1, -0.05) is 58.4 Å². The van der Waals surface area contributed by atoms with E-state index >= 15 is 0 Å². The second-order valence-electron chi connectivity index (χ2n) is 12.0. The first-order valence-corrected chi connectivity index (χ1v) is 14.1. The Balaban J connectivity index is 1.26. The summed E-state index contributed by atoms with van der Waals surface area (Å²) in [4.78, 5) is 0. The van der Waals surface area contributed by atoms with Gasteiger partial charge in [0.05, 0.1) is 14.2 Å². The van der Waals surface area contributed by atoms with Gasteiger partial charge in [-0.25, -0.2) is 0 Å². The molecule has 1 saturated carbocycles. The fourth-order valence-electron chi connectivity index (χ4n) is 7.16. The molecular weight excluding hydrogens is 444 g/mol. The van der Waals surface area contributed by atoms with Crippen LogP contribution in [-0.4, -0.2) is 40.4 Å². The van der Waals surface area contributed by atoms with Gasteiger partial charge in [-0.2, -0.15) is 0 Å². The Morgan fingerprint density at radius 1 is 0.917 bits per heavy atom. The minimum absolute atomic E-state index is 0.315. The summed E-state index contributed by atoms with van der Waals surface area (Å²) in [5.41, 5.74) is 6.70. The minimum Gasteiger partial charge on any atom is -0.493 e. The number of nitrogens with one attached hydrogen (secondary N) is 2. The summed E-state index contributed by atoms with van der Waals surface area (Å²) in [5, 5.41) is 7.43. The molecule has 2 N–H and O–H groups in total. The third-order valence-corrected chi connectivity index (χ3v) is 9.21. The highest BCUT2D eigenvalue weighted by Crippen LogP contribution is 2.57. The average molecular weight is 493 g/mol. The van der Waals surface area contributed by atoms with Crippen LogP contribution >= 0.6 is 0 Å². The van der Waals surface area contributed by atoms with Gasteiger partial charge in [0.15, 0.2) is 11.5 Å². The molecule has 198 valence electrons. The standard InChI is InChI=1S/C32H48N2O2/c1-23(2)25-9-11-27-26(21-25)10-13-30-31(3,15-7-16-32(27,30)4)22-34-19-18-33-17-14-24-8-12-28(35-5)29(20-24)36-6/h8-9,11-12,20-21,23,30,33-34H,7,10,13-19,22H2,1-6H3/t30-,31-,32+/m0/s1. The average Bonchev–Trinajstić information content (AvgIpc) is 2.87. The molecule has 0 unspecified atom stereocenters. The molecule has 0 saturated heterocycles. The van der Waals surface area contributed by atoms with Gasteiger partial charge in [-0.3, -0.25) is 0 Å². The first-order valence-electron chi connectivity index (χ1n) is 14.1. The molecule has 0 heterocycles. The Bertz CT molecular complexity index is 1020. The van der Waals surface area contributed by atoms with Crippen molar-refractivity contribution in [1.82, 2.24) is 10.6 Å². The van der Waals surface area contributed by atoms with Gasteiger partial charge in [0, 0.05) is 19.6 Å². The topological polar surface area (TPSA) is 42.5 Å². The first-order chi connectivity index (χ1) is 17.3. The van der Waals surface area contributed by atoms with Crippen molar-refractivity contribution in [3.8, 4) is 11.5 Å². The molecule has 0 aromatic heterocycles. The molecule has 0 amide bonds. The molecule has 2 aromatic carbocycles. The van der Waals surface area contributed by atoms with E-state index in [2.05, 4.69) is 68.7 Å². The van der Waals surface area contributed by atoms with Crippen LogP contribution in [0.5, 0.6) is 11.5 Å². The van der Waals surface area contributed by atoms with Gasteiger partial charge >= 0.3 is 0 Å². The number of methoxy groups -OCH3 is 2. The zero-order valence-electron chi connectivity index (χ0n) is 23.5. The molecule has 2 aliphatic carbocycles. The predicted octanol–water partition coefficient (Wildman–Crippen LogP) is 6.26. The number of aryl methyl sites for hydroxylation is 1. The zero-order chi connectivity index (χ0) is 25.8. The summed E-state index contributed by atoms with van der Waals surface area (Å²) in [7, 11) is 3.37. The largest absolute Gasteiger partial charge is 0.493 e. The van der Waals surface area contributed by atoms with Crippen LogP contribution in [0.4, 0.5) is 0 Å². The SMILES string of the molecule is COc1ccc(CCNCCNC[C@]2(C)CCC[C@]3(C)c4ccc(C(C)C)cc4CC[C@@H]23)cc1OC. The van der Waals surface area contributed by atoms with Crippen LogP contribution in [0.2, 0.25) is 0 Å². The van der Waals surface area contributed by atoms with Crippen LogP contribution in [0.15, 0.2) is 36.4 Å². The summed E-state index contributed by atoms with van der Waals surface area (Å²) in [6.07, 6.45) is 7.55. The van der Waals surface area contributed by atoms with Crippen LogP contribution in [0.25, 0.3) is 0 Å². The molecule has 2 aliphatic rings. The van der Waals surface area contributed by atoms with Crippen molar-refractivity contribution in [1.29, 1.82) is 0 Å². The molecule has 0 radical (unpaired) electrons. The smallest absolute Gasteiger partial charge is 0.160 e. The molecule has 0 bridgehead atoms. The molecule has 4 heteroatoms. The normalized spacial score (nSPS) is 25.4. The van der Waals surface area contributed by atoms with E-state index in [0.717, 1.165) is 50.0 Å². The molecule has 4 nitrogen and oxygen atoms in total. The number of fused-ring (bicyclic) bond motifs is 3. The van der Waals surface area contributed by atoms with Crippen molar-refractivity contribution in [3.63, 3.8) is 0 Å². The molecule has 2 aromatic rings. The van der Waals surface area contributed by atoms with E-state index in [1.54, 1.807) is 25.3 Å². The molecule has 1 fully saturated rings. The van der Waals surface area contributed by atoms with E-state index in [4.69, 9.17) is 9.47 Å². The van der Waals surface area contributed by atoms with Crippen LogP contribution in [-0.2, 0) is 18.3 Å². The number of ether oxygens (including phenoxy) is 2. The van der Waals surface area contributed by atoms with E-state index in [1.165, 1.54) is 43.2 Å². The highest BCUT2D eigenvalue weighted by atomic mass is 16.5. The van der Waals surface area contributed by atoms with E-state index in [9.17, 15) is 0 Å². The van der Waals surface area contributed by atoms with Crippen molar-refractivity contribution in [2.24, 2.45) is 11.3 Å². The van der Waals surface area contributed by atoms with Crippen molar-refractivity contribution >= 4 is 0 Å². The van der Waals surface area contributed by atoms with Crippen molar-refractivity contribution < 1.29 is 9.47 Å². The Morgan fingerprint density at radius 2 is 1.69 bits per heavy atom. The summed E-state index contributed by atoms with van der Waals surface area (Å²) in [6, 6.07) is 13.6. The highest BCUT2D eigenvalue weighted by molar-refractivity contribution is 5.43. The number of benzene rings is 2. The molecule has 36 heavy (non-hydrogen) atoms. The zero-order valence-corrected chi connectivity index (χ0v) is 23.5. The minimum atomic E-state index is 0.315. The fourth-order valence-corrected chi connectivity index (χ4v) is 7.16. The van der Waals surface area contributed by atoms with Crippen LogP contribution in [0.3, 0.4) is 0 Å². The maximum absolute atomic E-state index is 5.43. The van der Waals surface area contributed by atoms with E-state index in [0.29, 0.717) is 16.7 Å². The molecule has 0 aliphatic heterocycles. The lowest BCUT2D eigenvalue weighted by Crippen LogP contribution is -2.53. The quantitative estimate of drug-likeness (QED) is 0.363. The Hall–Kier alpha value is -2.04. The third-order valence-electron chi connectivity index (χ3n) is 9.21. The summed E-state index contributed by atoms with van der Waals surface area (Å²) in [5.74, 6) is 2.94. The molecular formula is C32H48N2O2. The highest BCUT2D eigenvalue weighted by Gasteiger charge is 2.51. The lowest BCUT2D eigenvalue weighted by Gasteiger charge is -2.55. The lowest BCUT2D eigenvalue weighted by atomic mass is 9.49. The first kappa shape index (κ1) is 27.0. The lowest BCUT2D eigenvalue weighted by molar-refractivity contribution is 0.0261.